The van der Waals surface area contributed by atoms with Crippen LogP contribution in [0.2, 0.25) is 5.02 Å². The molecule has 0 N–H and O–H groups in total. The van der Waals surface area contributed by atoms with E-state index in [0.29, 0.717) is 29.6 Å². The van der Waals surface area contributed by atoms with Crippen molar-refractivity contribution in [3.8, 4) is 5.75 Å². The molecule has 7 heteroatoms. The lowest BCUT2D eigenvalue weighted by Crippen LogP contribution is -2.48. The lowest BCUT2D eigenvalue weighted by Gasteiger charge is -2.33. The second kappa shape index (κ2) is 8.86. The second-order valence-electron chi connectivity index (χ2n) is 6.21. The summed E-state index contributed by atoms with van der Waals surface area (Å²) in [6.45, 7) is 4.04. The number of halogens is 1. The Morgan fingerprint density at radius 1 is 0.923 bits per heavy atom. The van der Waals surface area contributed by atoms with Crippen LogP contribution in [0, 0.1) is 0 Å². The molecular formula is C19H23ClN2O3S. The molecule has 1 aliphatic heterocycles. The van der Waals surface area contributed by atoms with Gasteiger partial charge in [-0.05, 0) is 42.8 Å². The molecule has 0 unspecified atom stereocenters. The van der Waals surface area contributed by atoms with E-state index in [-0.39, 0.29) is 0 Å². The van der Waals surface area contributed by atoms with Crippen LogP contribution in [-0.4, -0.2) is 57.0 Å². The lowest BCUT2D eigenvalue weighted by molar-refractivity contribution is 0.174. The molecule has 0 atom stereocenters. The minimum absolute atomic E-state index is 0.298. The fourth-order valence-corrected chi connectivity index (χ4v) is 4.49. The molecule has 0 radical (unpaired) electrons. The zero-order valence-electron chi connectivity index (χ0n) is 14.6. The number of hydrogen-bond acceptors (Lipinski definition) is 4. The predicted molar refractivity (Wildman–Crippen MR) is 103 cm³/mol. The van der Waals surface area contributed by atoms with E-state index >= 15 is 0 Å². The monoisotopic (exact) mass is 394 g/mol. The molecule has 26 heavy (non-hydrogen) atoms. The van der Waals surface area contributed by atoms with Crippen molar-refractivity contribution in [1.29, 1.82) is 0 Å². The van der Waals surface area contributed by atoms with Gasteiger partial charge in [-0.2, -0.15) is 4.31 Å². The number of sulfonamides is 1. The third-order valence-electron chi connectivity index (χ3n) is 4.41. The van der Waals surface area contributed by atoms with Gasteiger partial charge in [0.05, 0.1) is 11.5 Å². The van der Waals surface area contributed by atoms with Crippen molar-refractivity contribution in [1.82, 2.24) is 9.21 Å². The Balaban J connectivity index is 1.43. The molecule has 1 aliphatic rings. The molecule has 140 valence electrons. The quantitative estimate of drug-likeness (QED) is 0.677. The summed E-state index contributed by atoms with van der Waals surface area (Å²) >= 11 is 5.84. The van der Waals surface area contributed by atoms with Gasteiger partial charge in [0.25, 0.3) is 0 Å². The van der Waals surface area contributed by atoms with E-state index in [1.54, 1.807) is 28.6 Å². The van der Waals surface area contributed by atoms with Gasteiger partial charge < -0.3 is 9.64 Å². The fraction of sp³-hybridized carbons (Fsp3) is 0.368. The van der Waals surface area contributed by atoms with E-state index in [4.69, 9.17) is 16.3 Å². The first kappa shape index (κ1) is 19.2. The van der Waals surface area contributed by atoms with Crippen molar-refractivity contribution in [2.45, 2.75) is 11.3 Å². The van der Waals surface area contributed by atoms with Gasteiger partial charge >= 0.3 is 0 Å². The van der Waals surface area contributed by atoms with Crippen molar-refractivity contribution < 1.29 is 13.2 Å². The number of piperazine rings is 1. The van der Waals surface area contributed by atoms with Gasteiger partial charge in [0, 0.05) is 37.7 Å². The van der Waals surface area contributed by atoms with Gasteiger partial charge in [-0.25, -0.2) is 8.42 Å². The molecule has 0 aliphatic carbocycles. The molecule has 5 nitrogen and oxygen atoms in total. The van der Waals surface area contributed by atoms with Crippen molar-refractivity contribution in [2.24, 2.45) is 0 Å². The van der Waals surface area contributed by atoms with Gasteiger partial charge in [-0.1, -0.05) is 29.8 Å². The number of nitrogens with zero attached hydrogens (tertiary/aromatic N) is 2. The molecule has 3 rings (SSSR count). The van der Waals surface area contributed by atoms with Crippen molar-refractivity contribution in [2.75, 3.05) is 39.3 Å². The Bertz CT molecular complexity index is 789. The minimum atomic E-state index is -3.44. The maximum Gasteiger partial charge on any atom is 0.243 e. The Kier molecular flexibility index (Phi) is 6.53. The van der Waals surface area contributed by atoms with Crippen LogP contribution in [0.4, 0.5) is 0 Å². The first-order valence-electron chi connectivity index (χ1n) is 8.72. The summed E-state index contributed by atoms with van der Waals surface area (Å²) < 4.78 is 32.6. The van der Waals surface area contributed by atoms with Crippen LogP contribution in [0.3, 0.4) is 0 Å². The highest BCUT2D eigenvalue weighted by atomic mass is 35.5. The summed E-state index contributed by atoms with van der Waals surface area (Å²) in [6.07, 6.45) is 0.916. The van der Waals surface area contributed by atoms with Crippen LogP contribution in [0.15, 0.2) is 59.5 Å². The highest BCUT2D eigenvalue weighted by molar-refractivity contribution is 7.89. The van der Waals surface area contributed by atoms with Crippen LogP contribution in [0.5, 0.6) is 5.75 Å². The minimum Gasteiger partial charge on any atom is -0.494 e. The SMILES string of the molecule is O=S(=O)(c1ccc(Cl)cc1)N1CCN(CCCOc2ccccc2)CC1. The number of para-hydroxylation sites is 1. The Morgan fingerprint density at radius 2 is 1.58 bits per heavy atom. The van der Waals surface area contributed by atoms with Gasteiger partial charge in [-0.3, -0.25) is 0 Å². The van der Waals surface area contributed by atoms with Crippen molar-refractivity contribution >= 4 is 21.6 Å². The molecule has 0 aromatic heterocycles. The Morgan fingerprint density at radius 3 is 2.23 bits per heavy atom. The van der Waals surface area contributed by atoms with Crippen LogP contribution < -0.4 is 4.74 Å². The van der Waals surface area contributed by atoms with E-state index < -0.39 is 10.0 Å². The maximum atomic E-state index is 12.7. The first-order valence-corrected chi connectivity index (χ1v) is 10.5. The highest BCUT2D eigenvalue weighted by Gasteiger charge is 2.28. The number of hydrogen-bond donors (Lipinski definition) is 0. The summed E-state index contributed by atoms with van der Waals surface area (Å²) in [5, 5.41) is 0.534. The molecule has 1 heterocycles. The molecule has 0 bridgehead atoms. The molecule has 1 fully saturated rings. The van der Waals surface area contributed by atoms with Gasteiger partial charge in [0.2, 0.25) is 10.0 Å². The van der Waals surface area contributed by atoms with Crippen LogP contribution >= 0.6 is 11.6 Å². The van der Waals surface area contributed by atoms with Crippen LogP contribution in [0.25, 0.3) is 0 Å². The van der Waals surface area contributed by atoms with Gasteiger partial charge in [0.1, 0.15) is 5.75 Å². The Hall–Kier alpha value is -1.60. The largest absolute Gasteiger partial charge is 0.494 e. The molecule has 0 saturated carbocycles. The summed E-state index contributed by atoms with van der Waals surface area (Å²) in [6, 6.07) is 16.1. The summed E-state index contributed by atoms with van der Waals surface area (Å²) in [7, 11) is -3.44. The third-order valence-corrected chi connectivity index (χ3v) is 6.58. The second-order valence-corrected chi connectivity index (χ2v) is 8.59. The summed E-state index contributed by atoms with van der Waals surface area (Å²) in [5.74, 6) is 0.881. The predicted octanol–water partition coefficient (Wildman–Crippen LogP) is 3.12. The van der Waals surface area contributed by atoms with Crippen LogP contribution in [0.1, 0.15) is 6.42 Å². The standard InChI is InChI=1S/C19H23ClN2O3S/c20-17-7-9-19(10-8-17)26(23,24)22-14-12-21(13-15-22)11-4-16-25-18-5-2-1-3-6-18/h1-3,5-10H,4,11-16H2. The molecule has 1 saturated heterocycles. The van der Waals surface area contributed by atoms with Crippen LogP contribution in [-0.2, 0) is 10.0 Å². The maximum absolute atomic E-state index is 12.7. The van der Waals surface area contributed by atoms with E-state index in [0.717, 1.165) is 31.8 Å². The number of ether oxygens (including phenoxy) is 1. The number of benzene rings is 2. The Labute approximate surface area is 160 Å². The highest BCUT2D eigenvalue weighted by Crippen LogP contribution is 2.20. The van der Waals surface area contributed by atoms with Gasteiger partial charge in [-0.15, -0.1) is 0 Å². The summed E-state index contributed by atoms with van der Waals surface area (Å²) in [4.78, 5) is 2.58. The average molecular weight is 395 g/mol. The smallest absolute Gasteiger partial charge is 0.243 e. The van der Waals surface area contributed by atoms with Gasteiger partial charge in [0.15, 0.2) is 0 Å². The van der Waals surface area contributed by atoms with E-state index in [1.807, 2.05) is 30.3 Å². The zero-order chi connectivity index (χ0) is 18.4. The van der Waals surface area contributed by atoms with Crippen molar-refractivity contribution in [3.05, 3.63) is 59.6 Å². The van der Waals surface area contributed by atoms with E-state index in [1.165, 1.54) is 0 Å². The third kappa shape index (κ3) is 4.98. The number of rotatable bonds is 7. The van der Waals surface area contributed by atoms with E-state index in [2.05, 4.69) is 4.90 Å². The molecular weight excluding hydrogens is 372 g/mol. The fourth-order valence-electron chi connectivity index (χ4n) is 2.94. The topological polar surface area (TPSA) is 49.9 Å². The van der Waals surface area contributed by atoms with E-state index in [9.17, 15) is 8.42 Å². The zero-order valence-corrected chi connectivity index (χ0v) is 16.1. The average Bonchev–Trinajstić information content (AvgIpc) is 2.67. The molecule has 0 amide bonds. The first-order chi connectivity index (χ1) is 12.6. The molecule has 2 aromatic carbocycles. The lowest BCUT2D eigenvalue weighted by atomic mass is 10.3. The molecule has 0 spiro atoms. The normalized spacial score (nSPS) is 16.5. The molecule has 2 aromatic rings. The summed E-state index contributed by atoms with van der Waals surface area (Å²) in [5.41, 5.74) is 0. The van der Waals surface area contributed by atoms with Crippen molar-refractivity contribution in [3.63, 3.8) is 0 Å².